The van der Waals surface area contributed by atoms with Crippen LogP contribution in [0.3, 0.4) is 0 Å². The fourth-order valence-electron chi connectivity index (χ4n) is 1.21. The van der Waals surface area contributed by atoms with Crippen molar-refractivity contribution in [3.05, 3.63) is 12.2 Å². The first kappa shape index (κ1) is 11.2. The Morgan fingerprint density at radius 3 is 2.36 bits per heavy atom. The minimum atomic E-state index is 0.0714. The molecule has 3 nitrogen and oxygen atoms in total. The number of nitrogens with zero attached hydrogens (tertiary/aromatic N) is 1. The molecule has 1 aliphatic rings. The van der Waals surface area contributed by atoms with E-state index in [0.29, 0.717) is 26.3 Å². The summed E-state index contributed by atoms with van der Waals surface area (Å²) in [6, 6.07) is 0. The molecule has 1 rings (SSSR count). The van der Waals surface area contributed by atoms with Gasteiger partial charge in [0, 0.05) is 13.1 Å². The lowest BCUT2D eigenvalue weighted by molar-refractivity contribution is -0.130. The summed E-state index contributed by atoms with van der Waals surface area (Å²) in [6.07, 6.45) is 3.62. The van der Waals surface area contributed by atoms with Crippen LogP contribution in [0.15, 0.2) is 12.2 Å². The number of morpholine rings is 1. The molecule has 0 aliphatic carbocycles. The minimum absolute atomic E-state index is 0.0714. The standard InChI is InChI=1S/C11H19NO2/c1-11(2,3)5-4-10(13)12-6-8-14-9-7-12/h4-5H,6-9H2,1-3H3/b5-4+. The van der Waals surface area contributed by atoms with Crippen LogP contribution < -0.4 is 0 Å². The van der Waals surface area contributed by atoms with E-state index in [9.17, 15) is 4.79 Å². The van der Waals surface area contributed by atoms with Crippen molar-refractivity contribution >= 4 is 5.91 Å². The molecular formula is C11H19NO2. The van der Waals surface area contributed by atoms with Crippen molar-refractivity contribution in [3.8, 4) is 0 Å². The van der Waals surface area contributed by atoms with Gasteiger partial charge in [0.2, 0.25) is 5.91 Å². The molecule has 0 N–H and O–H groups in total. The van der Waals surface area contributed by atoms with Gasteiger partial charge in [-0.3, -0.25) is 4.79 Å². The Kier molecular flexibility index (Phi) is 3.69. The Morgan fingerprint density at radius 1 is 1.29 bits per heavy atom. The highest BCUT2D eigenvalue weighted by molar-refractivity contribution is 5.87. The third-order valence-corrected chi connectivity index (χ3v) is 2.05. The second-order valence-corrected chi connectivity index (χ2v) is 4.64. The fraction of sp³-hybridized carbons (Fsp3) is 0.727. The third kappa shape index (κ3) is 3.92. The molecule has 80 valence electrons. The predicted octanol–water partition coefficient (Wildman–Crippen LogP) is 1.45. The molecular weight excluding hydrogens is 178 g/mol. The zero-order valence-electron chi connectivity index (χ0n) is 9.25. The van der Waals surface area contributed by atoms with E-state index < -0.39 is 0 Å². The van der Waals surface area contributed by atoms with E-state index in [0.717, 1.165) is 0 Å². The van der Waals surface area contributed by atoms with Gasteiger partial charge in [-0.05, 0) is 11.5 Å². The number of amides is 1. The summed E-state index contributed by atoms with van der Waals surface area (Å²) >= 11 is 0. The molecule has 0 aromatic carbocycles. The molecule has 1 amide bonds. The molecule has 14 heavy (non-hydrogen) atoms. The van der Waals surface area contributed by atoms with Crippen molar-refractivity contribution in [2.75, 3.05) is 26.3 Å². The van der Waals surface area contributed by atoms with Crippen LogP contribution >= 0.6 is 0 Å². The average molecular weight is 197 g/mol. The lowest BCUT2D eigenvalue weighted by atomic mass is 9.96. The molecule has 0 aromatic heterocycles. The third-order valence-electron chi connectivity index (χ3n) is 2.05. The van der Waals surface area contributed by atoms with Crippen LogP contribution in [0.1, 0.15) is 20.8 Å². The maximum atomic E-state index is 11.6. The van der Waals surface area contributed by atoms with E-state index in [1.807, 2.05) is 11.0 Å². The topological polar surface area (TPSA) is 29.5 Å². The number of hydrogen-bond donors (Lipinski definition) is 0. The SMILES string of the molecule is CC(C)(C)/C=C/C(=O)N1CCOCC1. The smallest absolute Gasteiger partial charge is 0.246 e. The first-order valence-electron chi connectivity index (χ1n) is 5.05. The van der Waals surface area contributed by atoms with Crippen molar-refractivity contribution in [1.82, 2.24) is 4.90 Å². The van der Waals surface area contributed by atoms with Gasteiger partial charge in [-0.25, -0.2) is 0 Å². The summed E-state index contributed by atoms with van der Waals surface area (Å²) in [7, 11) is 0. The van der Waals surface area contributed by atoms with E-state index in [-0.39, 0.29) is 11.3 Å². The fourth-order valence-corrected chi connectivity index (χ4v) is 1.21. The highest BCUT2D eigenvalue weighted by Crippen LogP contribution is 2.14. The first-order chi connectivity index (χ1) is 6.49. The van der Waals surface area contributed by atoms with Crippen LogP contribution in [0.25, 0.3) is 0 Å². The van der Waals surface area contributed by atoms with Crippen LogP contribution in [0, 0.1) is 5.41 Å². The van der Waals surface area contributed by atoms with Gasteiger partial charge in [-0.1, -0.05) is 26.8 Å². The Bertz CT molecular complexity index is 222. The molecule has 3 heteroatoms. The largest absolute Gasteiger partial charge is 0.378 e. The molecule has 0 atom stereocenters. The van der Waals surface area contributed by atoms with Crippen LogP contribution in [0.5, 0.6) is 0 Å². The number of allylic oxidation sites excluding steroid dienone is 1. The summed E-state index contributed by atoms with van der Waals surface area (Å²) in [4.78, 5) is 13.5. The monoisotopic (exact) mass is 197 g/mol. The zero-order valence-corrected chi connectivity index (χ0v) is 9.25. The number of carbonyl (C=O) groups is 1. The molecule has 0 unspecified atom stereocenters. The molecule has 0 spiro atoms. The molecule has 1 fully saturated rings. The highest BCUT2D eigenvalue weighted by Gasteiger charge is 2.15. The molecule has 0 saturated carbocycles. The van der Waals surface area contributed by atoms with Crippen LogP contribution in [-0.4, -0.2) is 37.1 Å². The second kappa shape index (κ2) is 4.60. The molecule has 0 bridgehead atoms. The number of carbonyl (C=O) groups excluding carboxylic acids is 1. The normalized spacial score (nSPS) is 18.9. The Morgan fingerprint density at radius 2 is 1.86 bits per heavy atom. The molecule has 1 aliphatic heterocycles. The summed E-state index contributed by atoms with van der Waals surface area (Å²) in [5.41, 5.74) is 0.0714. The van der Waals surface area contributed by atoms with E-state index in [1.165, 1.54) is 0 Å². The maximum absolute atomic E-state index is 11.6. The average Bonchev–Trinajstić information content (AvgIpc) is 2.14. The predicted molar refractivity (Wildman–Crippen MR) is 56.0 cm³/mol. The Hall–Kier alpha value is -0.830. The maximum Gasteiger partial charge on any atom is 0.246 e. The molecule has 1 saturated heterocycles. The number of ether oxygens (including phenoxy) is 1. The van der Waals surface area contributed by atoms with Crippen molar-refractivity contribution in [2.45, 2.75) is 20.8 Å². The van der Waals surface area contributed by atoms with Crippen molar-refractivity contribution in [2.24, 2.45) is 5.41 Å². The number of hydrogen-bond acceptors (Lipinski definition) is 2. The van der Waals surface area contributed by atoms with E-state index in [1.54, 1.807) is 6.08 Å². The Balaban J connectivity index is 2.44. The van der Waals surface area contributed by atoms with E-state index >= 15 is 0 Å². The van der Waals surface area contributed by atoms with Gasteiger partial charge in [0.05, 0.1) is 13.2 Å². The summed E-state index contributed by atoms with van der Waals surface area (Å²) in [5, 5.41) is 0. The van der Waals surface area contributed by atoms with Crippen molar-refractivity contribution in [3.63, 3.8) is 0 Å². The highest BCUT2D eigenvalue weighted by atomic mass is 16.5. The molecule has 1 heterocycles. The summed E-state index contributed by atoms with van der Waals surface area (Å²) in [6.45, 7) is 8.99. The zero-order chi connectivity index (χ0) is 10.6. The van der Waals surface area contributed by atoms with Crippen molar-refractivity contribution < 1.29 is 9.53 Å². The lowest BCUT2D eigenvalue weighted by Crippen LogP contribution is -2.39. The van der Waals surface area contributed by atoms with Gasteiger partial charge in [-0.15, -0.1) is 0 Å². The molecule has 0 radical (unpaired) electrons. The lowest BCUT2D eigenvalue weighted by Gasteiger charge is -2.26. The van der Waals surface area contributed by atoms with Crippen LogP contribution in [0.2, 0.25) is 0 Å². The first-order valence-corrected chi connectivity index (χ1v) is 5.05. The van der Waals surface area contributed by atoms with Crippen LogP contribution in [-0.2, 0) is 9.53 Å². The second-order valence-electron chi connectivity index (χ2n) is 4.64. The molecule has 0 aromatic rings. The quantitative estimate of drug-likeness (QED) is 0.595. The van der Waals surface area contributed by atoms with Gasteiger partial charge in [-0.2, -0.15) is 0 Å². The van der Waals surface area contributed by atoms with Crippen molar-refractivity contribution in [1.29, 1.82) is 0 Å². The van der Waals surface area contributed by atoms with Gasteiger partial charge in [0.15, 0.2) is 0 Å². The summed E-state index contributed by atoms with van der Waals surface area (Å²) < 4.78 is 5.18. The van der Waals surface area contributed by atoms with Crippen LogP contribution in [0.4, 0.5) is 0 Å². The number of rotatable bonds is 1. The van der Waals surface area contributed by atoms with E-state index in [4.69, 9.17) is 4.74 Å². The minimum Gasteiger partial charge on any atom is -0.378 e. The van der Waals surface area contributed by atoms with Gasteiger partial charge in [0.25, 0.3) is 0 Å². The van der Waals surface area contributed by atoms with Gasteiger partial charge in [0.1, 0.15) is 0 Å². The van der Waals surface area contributed by atoms with Gasteiger partial charge < -0.3 is 9.64 Å². The van der Waals surface area contributed by atoms with Gasteiger partial charge >= 0.3 is 0 Å². The summed E-state index contributed by atoms with van der Waals surface area (Å²) in [5.74, 6) is 0.100. The van der Waals surface area contributed by atoms with E-state index in [2.05, 4.69) is 20.8 Å². The Labute approximate surface area is 85.7 Å².